The largest absolute Gasteiger partial charge is 0.384 e. The summed E-state index contributed by atoms with van der Waals surface area (Å²) in [6.45, 7) is 1.52. The van der Waals surface area contributed by atoms with Gasteiger partial charge in [0.15, 0.2) is 0 Å². The van der Waals surface area contributed by atoms with Crippen molar-refractivity contribution in [2.75, 3.05) is 11.9 Å². The minimum absolute atomic E-state index is 0.279. The van der Waals surface area contributed by atoms with Gasteiger partial charge in [-0.3, -0.25) is 9.59 Å². The van der Waals surface area contributed by atoms with Crippen molar-refractivity contribution in [3.05, 3.63) is 28.8 Å². The number of aryl methyl sites for hydroxylation is 1. The number of aliphatic hydroxyl groups is 1. The molecule has 1 aliphatic heterocycles. The Morgan fingerprint density at radius 1 is 1.38 bits per heavy atom. The lowest BCUT2D eigenvalue weighted by Gasteiger charge is -2.03. The standard InChI is InChI=1S/C12H9NO3/c1-7-4-5-9-10(8(7)3-2-6-14)11(15)12(16)13-9/h4-5,14H,6H2,1H3,(H,13,15,16). The highest BCUT2D eigenvalue weighted by Crippen LogP contribution is 2.28. The first kappa shape index (κ1) is 10.4. The first-order valence-corrected chi connectivity index (χ1v) is 4.74. The second-order valence-corrected chi connectivity index (χ2v) is 3.42. The number of nitrogens with one attached hydrogen (secondary N) is 1. The fraction of sp³-hybridized carbons (Fsp3) is 0.167. The number of amides is 1. The molecule has 1 aromatic rings. The minimum Gasteiger partial charge on any atom is -0.384 e. The van der Waals surface area contributed by atoms with E-state index in [-0.39, 0.29) is 6.61 Å². The fourth-order valence-electron chi connectivity index (χ4n) is 1.63. The van der Waals surface area contributed by atoms with Gasteiger partial charge in [0, 0.05) is 5.56 Å². The van der Waals surface area contributed by atoms with Crippen LogP contribution in [-0.2, 0) is 4.79 Å². The predicted octanol–water partition coefficient (Wildman–Crippen LogP) is 0.474. The van der Waals surface area contributed by atoms with E-state index < -0.39 is 11.7 Å². The smallest absolute Gasteiger partial charge is 0.296 e. The predicted molar refractivity (Wildman–Crippen MR) is 58.1 cm³/mol. The van der Waals surface area contributed by atoms with E-state index in [1.54, 1.807) is 19.1 Å². The van der Waals surface area contributed by atoms with Crippen molar-refractivity contribution >= 4 is 17.4 Å². The lowest BCUT2D eigenvalue weighted by molar-refractivity contribution is -0.112. The maximum Gasteiger partial charge on any atom is 0.296 e. The molecule has 4 heteroatoms. The van der Waals surface area contributed by atoms with Gasteiger partial charge in [-0.1, -0.05) is 17.9 Å². The molecule has 4 nitrogen and oxygen atoms in total. The second kappa shape index (κ2) is 3.80. The molecule has 0 saturated heterocycles. The number of benzene rings is 1. The number of hydrogen-bond acceptors (Lipinski definition) is 3. The average molecular weight is 215 g/mol. The highest BCUT2D eigenvalue weighted by molar-refractivity contribution is 6.52. The third-order valence-corrected chi connectivity index (χ3v) is 2.39. The molecule has 0 unspecified atom stereocenters. The van der Waals surface area contributed by atoms with Gasteiger partial charge in [-0.15, -0.1) is 0 Å². The Hall–Kier alpha value is -2.12. The Labute approximate surface area is 92.3 Å². The van der Waals surface area contributed by atoms with Gasteiger partial charge >= 0.3 is 0 Å². The quantitative estimate of drug-likeness (QED) is 0.488. The Kier molecular flexibility index (Phi) is 2.47. The lowest BCUT2D eigenvalue weighted by Crippen LogP contribution is -2.13. The number of anilines is 1. The fourth-order valence-corrected chi connectivity index (χ4v) is 1.63. The molecular weight excluding hydrogens is 206 g/mol. The van der Waals surface area contributed by atoms with Crippen molar-refractivity contribution in [3.63, 3.8) is 0 Å². The number of rotatable bonds is 0. The molecule has 1 aromatic carbocycles. The molecule has 2 rings (SSSR count). The molecular formula is C12H9NO3. The van der Waals surface area contributed by atoms with Gasteiger partial charge in [0.2, 0.25) is 0 Å². The van der Waals surface area contributed by atoms with Crippen LogP contribution in [-0.4, -0.2) is 23.4 Å². The van der Waals surface area contributed by atoms with E-state index >= 15 is 0 Å². The van der Waals surface area contributed by atoms with Crippen LogP contribution in [0.1, 0.15) is 21.5 Å². The number of ketones is 1. The molecule has 1 heterocycles. The first-order chi connectivity index (χ1) is 7.65. The maximum atomic E-state index is 11.6. The molecule has 0 aliphatic carbocycles. The van der Waals surface area contributed by atoms with E-state index in [9.17, 15) is 9.59 Å². The van der Waals surface area contributed by atoms with Gasteiger partial charge in [-0.05, 0) is 18.6 Å². The van der Waals surface area contributed by atoms with E-state index in [0.29, 0.717) is 16.8 Å². The van der Waals surface area contributed by atoms with Crippen molar-refractivity contribution in [1.82, 2.24) is 0 Å². The van der Waals surface area contributed by atoms with Gasteiger partial charge in [0.05, 0.1) is 11.3 Å². The van der Waals surface area contributed by atoms with Gasteiger partial charge in [0.1, 0.15) is 6.61 Å². The molecule has 0 spiro atoms. The average Bonchev–Trinajstić information content (AvgIpc) is 2.55. The van der Waals surface area contributed by atoms with E-state index in [1.807, 2.05) is 0 Å². The SMILES string of the molecule is Cc1ccc2c(c1C#CCO)C(=O)C(=O)N2. The Morgan fingerprint density at radius 2 is 2.12 bits per heavy atom. The van der Waals surface area contributed by atoms with Crippen molar-refractivity contribution in [3.8, 4) is 11.8 Å². The lowest BCUT2D eigenvalue weighted by atomic mass is 9.99. The zero-order valence-corrected chi connectivity index (χ0v) is 8.63. The van der Waals surface area contributed by atoms with Crippen LogP contribution in [0.25, 0.3) is 0 Å². The minimum atomic E-state index is -0.632. The Morgan fingerprint density at radius 3 is 2.81 bits per heavy atom. The molecule has 0 saturated carbocycles. The van der Waals surface area contributed by atoms with Crippen LogP contribution in [0, 0.1) is 18.8 Å². The van der Waals surface area contributed by atoms with Crippen molar-refractivity contribution in [2.24, 2.45) is 0 Å². The molecule has 16 heavy (non-hydrogen) atoms. The Bertz CT molecular complexity index is 549. The van der Waals surface area contributed by atoms with Crippen LogP contribution < -0.4 is 5.32 Å². The number of aliphatic hydroxyl groups excluding tert-OH is 1. The van der Waals surface area contributed by atoms with E-state index in [2.05, 4.69) is 17.2 Å². The number of Topliss-reactive ketones (excluding diaryl/α,β-unsaturated/α-hetero) is 1. The van der Waals surface area contributed by atoms with E-state index in [4.69, 9.17) is 5.11 Å². The molecule has 0 aromatic heterocycles. The van der Waals surface area contributed by atoms with Crippen molar-refractivity contribution < 1.29 is 14.7 Å². The molecule has 2 N–H and O–H groups in total. The van der Waals surface area contributed by atoms with Gasteiger partial charge in [-0.2, -0.15) is 0 Å². The number of hydrogen-bond donors (Lipinski definition) is 2. The number of fused-ring (bicyclic) bond motifs is 1. The summed E-state index contributed by atoms with van der Waals surface area (Å²) in [6, 6.07) is 3.46. The summed E-state index contributed by atoms with van der Waals surface area (Å²) in [5, 5.41) is 11.1. The van der Waals surface area contributed by atoms with Gasteiger partial charge in [-0.25, -0.2) is 0 Å². The third-order valence-electron chi connectivity index (χ3n) is 2.39. The monoisotopic (exact) mass is 215 g/mol. The van der Waals surface area contributed by atoms with Gasteiger partial charge in [0.25, 0.3) is 11.7 Å². The molecule has 1 amide bonds. The van der Waals surface area contributed by atoms with Crippen molar-refractivity contribution in [2.45, 2.75) is 6.92 Å². The summed E-state index contributed by atoms with van der Waals surface area (Å²) in [5.41, 5.74) is 2.12. The van der Waals surface area contributed by atoms with E-state index in [1.165, 1.54) is 0 Å². The normalized spacial score (nSPS) is 12.9. The zero-order chi connectivity index (χ0) is 11.7. The number of carbonyl (C=O) groups excluding carboxylic acids is 2. The summed E-state index contributed by atoms with van der Waals surface area (Å²) in [7, 11) is 0. The molecule has 0 fully saturated rings. The van der Waals surface area contributed by atoms with Crippen molar-refractivity contribution in [1.29, 1.82) is 0 Å². The molecule has 1 aliphatic rings. The second-order valence-electron chi connectivity index (χ2n) is 3.42. The third kappa shape index (κ3) is 1.47. The van der Waals surface area contributed by atoms with Crippen LogP contribution in [0.15, 0.2) is 12.1 Å². The summed E-state index contributed by atoms with van der Waals surface area (Å²) in [6.07, 6.45) is 0. The van der Waals surface area contributed by atoms with Crippen LogP contribution in [0.3, 0.4) is 0 Å². The highest BCUT2D eigenvalue weighted by Gasteiger charge is 2.30. The maximum absolute atomic E-state index is 11.6. The highest BCUT2D eigenvalue weighted by atomic mass is 16.2. The summed E-state index contributed by atoms with van der Waals surface area (Å²) < 4.78 is 0. The first-order valence-electron chi connectivity index (χ1n) is 4.74. The molecule has 0 bridgehead atoms. The number of carbonyl (C=O) groups is 2. The summed E-state index contributed by atoms with van der Waals surface area (Å²) >= 11 is 0. The molecule has 0 atom stereocenters. The molecule has 0 radical (unpaired) electrons. The van der Waals surface area contributed by atoms with Crippen LogP contribution in [0.5, 0.6) is 0 Å². The topological polar surface area (TPSA) is 66.4 Å². The van der Waals surface area contributed by atoms with Crippen LogP contribution in [0.4, 0.5) is 5.69 Å². The summed E-state index contributed by atoms with van der Waals surface area (Å²) in [5.74, 6) is 3.99. The van der Waals surface area contributed by atoms with Crippen LogP contribution >= 0.6 is 0 Å². The molecule has 80 valence electrons. The van der Waals surface area contributed by atoms with E-state index in [0.717, 1.165) is 5.56 Å². The van der Waals surface area contributed by atoms with Crippen LogP contribution in [0.2, 0.25) is 0 Å². The van der Waals surface area contributed by atoms with Gasteiger partial charge < -0.3 is 10.4 Å². The zero-order valence-electron chi connectivity index (χ0n) is 8.63. The Balaban J connectivity index is 2.66. The summed E-state index contributed by atoms with van der Waals surface area (Å²) in [4.78, 5) is 22.8.